The van der Waals surface area contributed by atoms with E-state index in [9.17, 15) is 14.7 Å². The van der Waals surface area contributed by atoms with Crippen LogP contribution in [0.3, 0.4) is 0 Å². The van der Waals surface area contributed by atoms with Crippen LogP contribution in [-0.4, -0.2) is 36.7 Å². The summed E-state index contributed by atoms with van der Waals surface area (Å²) in [4.78, 5) is 23.9. The van der Waals surface area contributed by atoms with Crippen LogP contribution in [0, 0.1) is 11.3 Å². The summed E-state index contributed by atoms with van der Waals surface area (Å²) < 4.78 is 16.0. The minimum absolute atomic E-state index is 0.0128. The molecule has 0 aliphatic carbocycles. The third-order valence-electron chi connectivity index (χ3n) is 4.16. The van der Waals surface area contributed by atoms with E-state index in [-0.39, 0.29) is 19.0 Å². The lowest BCUT2D eigenvalue weighted by molar-refractivity contribution is -0.141. The number of aliphatic carboxylic acids is 1. The van der Waals surface area contributed by atoms with Gasteiger partial charge in [-0.2, -0.15) is 5.26 Å². The summed E-state index contributed by atoms with van der Waals surface area (Å²) in [5.41, 5.74) is 1.69. The summed E-state index contributed by atoms with van der Waals surface area (Å²) in [6.07, 6.45) is 0. The highest BCUT2D eigenvalue weighted by Crippen LogP contribution is 2.24. The van der Waals surface area contributed by atoms with Crippen molar-refractivity contribution in [3.05, 3.63) is 65.4 Å². The molecule has 0 radical (unpaired) electrons. The first-order chi connectivity index (χ1) is 14.0. The Hall–Kier alpha value is -3.83. The highest BCUT2D eigenvalue weighted by molar-refractivity contribution is 5.98. The van der Waals surface area contributed by atoms with E-state index in [2.05, 4.69) is 5.32 Å². The van der Waals surface area contributed by atoms with Gasteiger partial charge in [-0.25, -0.2) is 4.79 Å². The van der Waals surface area contributed by atoms with Gasteiger partial charge in [-0.3, -0.25) is 4.79 Å². The van der Waals surface area contributed by atoms with Crippen LogP contribution in [0.25, 0.3) is 11.0 Å². The third-order valence-corrected chi connectivity index (χ3v) is 4.16. The van der Waals surface area contributed by atoms with Crippen LogP contribution in [0.2, 0.25) is 0 Å². The van der Waals surface area contributed by atoms with E-state index in [4.69, 9.17) is 19.2 Å². The molecule has 0 spiro atoms. The average molecular weight is 394 g/mol. The van der Waals surface area contributed by atoms with E-state index in [1.165, 1.54) is 13.2 Å². The molecule has 1 atom stereocenters. The van der Waals surface area contributed by atoms with Gasteiger partial charge in [-0.1, -0.05) is 12.1 Å². The standard InChI is InChI=1S/C21H18N2O6/c1-27-16-5-6-18-15(8-16)9-19(29-18)20(24)23-17(21(25)26)12-28-11-14-4-2-3-13(7-14)10-22/h2-9,17H,11-12H2,1H3,(H,23,24)(H,25,26). The van der Waals surface area contributed by atoms with Crippen molar-refractivity contribution in [3.8, 4) is 11.8 Å². The van der Waals surface area contributed by atoms with Crippen molar-refractivity contribution in [1.29, 1.82) is 5.26 Å². The Morgan fingerprint density at radius 3 is 2.79 bits per heavy atom. The number of hydrogen-bond donors (Lipinski definition) is 2. The summed E-state index contributed by atoms with van der Waals surface area (Å²) in [6.45, 7) is -0.133. The summed E-state index contributed by atoms with van der Waals surface area (Å²) >= 11 is 0. The number of amides is 1. The van der Waals surface area contributed by atoms with Gasteiger partial charge >= 0.3 is 5.97 Å². The maximum Gasteiger partial charge on any atom is 0.328 e. The SMILES string of the molecule is COc1ccc2oc(C(=O)NC(COCc3cccc(C#N)c3)C(=O)O)cc2c1. The highest BCUT2D eigenvalue weighted by atomic mass is 16.5. The van der Waals surface area contributed by atoms with Crippen LogP contribution < -0.4 is 10.1 Å². The zero-order valence-corrected chi connectivity index (χ0v) is 15.5. The molecule has 1 aromatic heterocycles. The lowest BCUT2D eigenvalue weighted by Gasteiger charge is -2.14. The predicted octanol–water partition coefficient (Wildman–Crippen LogP) is 2.71. The monoisotopic (exact) mass is 394 g/mol. The number of fused-ring (bicyclic) bond motifs is 1. The third kappa shape index (κ3) is 4.91. The Bertz CT molecular complexity index is 1080. The summed E-state index contributed by atoms with van der Waals surface area (Å²) in [5, 5.41) is 21.3. The van der Waals surface area contributed by atoms with Gasteiger partial charge in [0.1, 0.15) is 11.3 Å². The lowest BCUT2D eigenvalue weighted by atomic mass is 10.1. The van der Waals surface area contributed by atoms with E-state index in [0.29, 0.717) is 22.3 Å². The van der Waals surface area contributed by atoms with Gasteiger partial charge in [-0.15, -0.1) is 0 Å². The van der Waals surface area contributed by atoms with Crippen LogP contribution in [0.5, 0.6) is 5.75 Å². The number of carbonyl (C=O) groups excluding carboxylic acids is 1. The van der Waals surface area contributed by atoms with Gasteiger partial charge in [0.15, 0.2) is 11.8 Å². The molecule has 1 heterocycles. The van der Waals surface area contributed by atoms with Gasteiger partial charge in [-0.05, 0) is 42.0 Å². The number of ether oxygens (including phenoxy) is 2. The first-order valence-electron chi connectivity index (χ1n) is 8.68. The van der Waals surface area contributed by atoms with Crippen molar-refractivity contribution < 1.29 is 28.6 Å². The zero-order valence-electron chi connectivity index (χ0n) is 15.5. The summed E-state index contributed by atoms with van der Waals surface area (Å²) in [5.74, 6) is -1.30. The number of carbonyl (C=O) groups is 2. The van der Waals surface area contributed by atoms with Crippen LogP contribution in [0.4, 0.5) is 0 Å². The smallest absolute Gasteiger partial charge is 0.328 e. The van der Waals surface area contributed by atoms with E-state index in [0.717, 1.165) is 5.56 Å². The molecule has 8 nitrogen and oxygen atoms in total. The van der Waals surface area contributed by atoms with Crippen LogP contribution >= 0.6 is 0 Å². The summed E-state index contributed by atoms with van der Waals surface area (Å²) in [7, 11) is 1.53. The molecule has 29 heavy (non-hydrogen) atoms. The van der Waals surface area contributed by atoms with Crippen molar-refractivity contribution in [2.24, 2.45) is 0 Å². The molecule has 148 valence electrons. The fourth-order valence-corrected chi connectivity index (χ4v) is 2.69. The number of carboxylic acid groups (broad SMARTS) is 1. The minimum atomic E-state index is -1.26. The zero-order chi connectivity index (χ0) is 20.8. The Labute approximate surface area is 166 Å². The molecule has 0 bridgehead atoms. The number of nitrogens with zero attached hydrogens (tertiary/aromatic N) is 1. The lowest BCUT2D eigenvalue weighted by Crippen LogP contribution is -2.43. The molecule has 1 unspecified atom stereocenters. The van der Waals surface area contributed by atoms with E-state index in [1.54, 1.807) is 42.5 Å². The van der Waals surface area contributed by atoms with Gasteiger partial charge in [0.2, 0.25) is 0 Å². The van der Waals surface area contributed by atoms with Crippen molar-refractivity contribution in [2.45, 2.75) is 12.6 Å². The van der Waals surface area contributed by atoms with Crippen LogP contribution in [0.15, 0.2) is 52.9 Å². The van der Waals surface area contributed by atoms with E-state index in [1.807, 2.05) is 6.07 Å². The first kappa shape index (κ1) is 19.9. The van der Waals surface area contributed by atoms with Crippen molar-refractivity contribution in [1.82, 2.24) is 5.32 Å². The molecule has 8 heteroatoms. The van der Waals surface area contributed by atoms with E-state index < -0.39 is 17.9 Å². The second-order valence-electron chi connectivity index (χ2n) is 6.21. The maximum absolute atomic E-state index is 12.4. The fourth-order valence-electron chi connectivity index (χ4n) is 2.69. The number of carboxylic acids is 1. The van der Waals surface area contributed by atoms with Gasteiger partial charge < -0.3 is 24.3 Å². The number of nitriles is 1. The molecule has 0 aliphatic rings. The number of hydrogen-bond acceptors (Lipinski definition) is 6. The molecule has 0 aliphatic heterocycles. The molecule has 0 saturated carbocycles. The van der Waals surface area contributed by atoms with Crippen LogP contribution in [0.1, 0.15) is 21.7 Å². The largest absolute Gasteiger partial charge is 0.497 e. The number of methoxy groups -OCH3 is 1. The second kappa shape index (κ2) is 8.91. The Morgan fingerprint density at radius 2 is 2.07 bits per heavy atom. The molecule has 0 fully saturated rings. The van der Waals surface area contributed by atoms with Crippen molar-refractivity contribution in [2.75, 3.05) is 13.7 Å². The maximum atomic E-state index is 12.4. The van der Waals surface area contributed by atoms with Crippen molar-refractivity contribution in [3.63, 3.8) is 0 Å². The van der Waals surface area contributed by atoms with Gasteiger partial charge in [0.05, 0.1) is 32.0 Å². The first-order valence-corrected chi connectivity index (χ1v) is 8.68. The van der Waals surface area contributed by atoms with Crippen molar-refractivity contribution >= 4 is 22.8 Å². The quantitative estimate of drug-likeness (QED) is 0.602. The normalized spacial score (nSPS) is 11.6. The number of rotatable bonds is 8. The topological polar surface area (TPSA) is 122 Å². The summed E-state index contributed by atoms with van der Waals surface area (Å²) in [6, 6.07) is 14.1. The Balaban J connectivity index is 1.63. The Kier molecular flexibility index (Phi) is 6.12. The number of nitrogens with one attached hydrogen (secondary N) is 1. The molecular weight excluding hydrogens is 376 g/mol. The number of furan rings is 1. The predicted molar refractivity (Wildman–Crippen MR) is 102 cm³/mol. The molecule has 3 rings (SSSR count). The highest BCUT2D eigenvalue weighted by Gasteiger charge is 2.23. The van der Waals surface area contributed by atoms with E-state index >= 15 is 0 Å². The molecule has 2 aromatic carbocycles. The molecule has 1 amide bonds. The van der Waals surface area contributed by atoms with Crippen LogP contribution in [-0.2, 0) is 16.1 Å². The second-order valence-corrected chi connectivity index (χ2v) is 6.21. The van der Waals surface area contributed by atoms with Gasteiger partial charge in [0, 0.05) is 5.39 Å². The van der Waals surface area contributed by atoms with Gasteiger partial charge in [0.25, 0.3) is 5.91 Å². The minimum Gasteiger partial charge on any atom is -0.497 e. The number of benzene rings is 2. The Morgan fingerprint density at radius 1 is 1.24 bits per heavy atom. The average Bonchev–Trinajstić information content (AvgIpc) is 3.16. The molecule has 3 aromatic rings. The molecular formula is C21H18N2O6. The fraction of sp³-hybridized carbons (Fsp3) is 0.190. The molecule has 2 N–H and O–H groups in total. The molecule has 0 saturated heterocycles.